The Balaban J connectivity index is 0.00000133. The van der Waals surface area contributed by atoms with Crippen LogP contribution in [0, 0.1) is 18.2 Å². The molecule has 1 spiro atoms. The van der Waals surface area contributed by atoms with E-state index >= 15 is 0 Å². The van der Waals surface area contributed by atoms with Gasteiger partial charge in [0, 0.05) is 19.6 Å². The van der Waals surface area contributed by atoms with Gasteiger partial charge in [0.25, 0.3) is 0 Å². The van der Waals surface area contributed by atoms with Crippen molar-refractivity contribution in [1.29, 1.82) is 0 Å². The highest BCUT2D eigenvalue weighted by Gasteiger charge is 2.39. The summed E-state index contributed by atoms with van der Waals surface area (Å²) in [6.45, 7) is 7.51. The van der Waals surface area contributed by atoms with Gasteiger partial charge in [-0.1, -0.05) is 12.1 Å². The van der Waals surface area contributed by atoms with Crippen LogP contribution in [0.1, 0.15) is 24.0 Å². The second-order valence-corrected chi connectivity index (χ2v) is 5.97. The van der Waals surface area contributed by atoms with E-state index in [4.69, 9.17) is 0 Å². The summed E-state index contributed by atoms with van der Waals surface area (Å²) < 4.78 is 13.2. The molecule has 2 saturated heterocycles. The quantitative estimate of drug-likeness (QED) is 0.898. The number of nitrogens with one attached hydrogen (secondary N) is 1. The van der Waals surface area contributed by atoms with Crippen LogP contribution in [-0.4, -0.2) is 31.1 Å². The summed E-state index contributed by atoms with van der Waals surface area (Å²) in [5.74, 6) is -0.100. The third kappa shape index (κ3) is 3.10. The lowest BCUT2D eigenvalue weighted by Crippen LogP contribution is -2.28. The number of aryl methyl sites for hydroxylation is 1. The van der Waals surface area contributed by atoms with E-state index < -0.39 is 0 Å². The summed E-state index contributed by atoms with van der Waals surface area (Å²) in [5, 5.41) is 3.48. The van der Waals surface area contributed by atoms with Crippen LogP contribution in [0.15, 0.2) is 18.2 Å². The topological polar surface area (TPSA) is 15.3 Å². The Kier molecular flexibility index (Phi) is 4.49. The molecule has 2 aliphatic rings. The van der Waals surface area contributed by atoms with Gasteiger partial charge in [-0.3, -0.25) is 4.90 Å². The minimum Gasteiger partial charge on any atom is -0.316 e. The molecule has 2 fully saturated rings. The lowest BCUT2D eigenvalue weighted by Gasteiger charge is -2.23. The van der Waals surface area contributed by atoms with Crippen LogP contribution in [0.25, 0.3) is 0 Å². The van der Waals surface area contributed by atoms with E-state index in [1.807, 2.05) is 19.1 Å². The van der Waals surface area contributed by atoms with Crippen molar-refractivity contribution in [1.82, 2.24) is 10.2 Å². The Morgan fingerprint density at radius 1 is 1.37 bits per heavy atom. The van der Waals surface area contributed by atoms with Crippen LogP contribution in [0.4, 0.5) is 4.39 Å². The van der Waals surface area contributed by atoms with Gasteiger partial charge in [-0.15, -0.1) is 12.4 Å². The second kappa shape index (κ2) is 5.78. The molecule has 4 heteroatoms. The molecule has 0 bridgehead atoms. The zero-order chi connectivity index (χ0) is 12.6. The zero-order valence-corrected chi connectivity index (χ0v) is 12.2. The van der Waals surface area contributed by atoms with Crippen LogP contribution in [0.5, 0.6) is 0 Å². The summed E-state index contributed by atoms with van der Waals surface area (Å²) in [5.41, 5.74) is 2.51. The van der Waals surface area contributed by atoms with Crippen molar-refractivity contribution in [3.63, 3.8) is 0 Å². The molecular weight excluding hydrogens is 263 g/mol. The summed E-state index contributed by atoms with van der Waals surface area (Å²) in [7, 11) is 0. The van der Waals surface area contributed by atoms with E-state index in [-0.39, 0.29) is 18.2 Å². The molecule has 2 nitrogen and oxygen atoms in total. The average molecular weight is 285 g/mol. The van der Waals surface area contributed by atoms with Gasteiger partial charge >= 0.3 is 0 Å². The van der Waals surface area contributed by atoms with Gasteiger partial charge in [0.15, 0.2) is 0 Å². The Morgan fingerprint density at radius 2 is 2.21 bits per heavy atom. The number of rotatable bonds is 2. The maximum Gasteiger partial charge on any atom is 0.126 e. The van der Waals surface area contributed by atoms with Gasteiger partial charge in [0.05, 0.1) is 0 Å². The Morgan fingerprint density at radius 3 is 2.89 bits per heavy atom. The van der Waals surface area contributed by atoms with Gasteiger partial charge in [0.2, 0.25) is 0 Å². The third-order valence-electron chi connectivity index (χ3n) is 4.48. The fraction of sp³-hybridized carbons (Fsp3) is 0.600. The van der Waals surface area contributed by atoms with Gasteiger partial charge < -0.3 is 5.32 Å². The summed E-state index contributed by atoms with van der Waals surface area (Å²) in [6, 6.07) is 5.49. The van der Waals surface area contributed by atoms with Crippen molar-refractivity contribution in [3.05, 3.63) is 35.1 Å². The first-order valence-electron chi connectivity index (χ1n) is 6.85. The number of nitrogens with zero attached hydrogens (tertiary/aromatic N) is 1. The molecule has 1 N–H and O–H groups in total. The molecule has 0 radical (unpaired) electrons. The maximum atomic E-state index is 13.2. The minimum atomic E-state index is -0.100. The molecule has 3 rings (SSSR count). The first-order chi connectivity index (χ1) is 8.67. The highest BCUT2D eigenvalue weighted by Crippen LogP contribution is 2.36. The number of halogens is 2. The molecule has 2 aliphatic heterocycles. The third-order valence-corrected chi connectivity index (χ3v) is 4.48. The van der Waals surface area contributed by atoms with E-state index in [9.17, 15) is 4.39 Å². The average Bonchev–Trinajstić information content (AvgIpc) is 2.96. The van der Waals surface area contributed by atoms with Gasteiger partial charge in [0.1, 0.15) is 5.82 Å². The number of hydrogen-bond acceptors (Lipinski definition) is 2. The first kappa shape index (κ1) is 14.8. The molecule has 1 atom stereocenters. The van der Waals surface area contributed by atoms with E-state index in [2.05, 4.69) is 10.2 Å². The molecule has 0 aromatic heterocycles. The molecule has 0 saturated carbocycles. The van der Waals surface area contributed by atoms with E-state index in [0.29, 0.717) is 5.41 Å². The summed E-state index contributed by atoms with van der Waals surface area (Å²) >= 11 is 0. The molecule has 19 heavy (non-hydrogen) atoms. The van der Waals surface area contributed by atoms with Gasteiger partial charge in [-0.05, 0) is 55.5 Å². The molecular formula is C15H22ClFN2. The summed E-state index contributed by atoms with van der Waals surface area (Å²) in [4.78, 5) is 2.51. The fourth-order valence-corrected chi connectivity index (χ4v) is 3.37. The fourth-order valence-electron chi connectivity index (χ4n) is 3.37. The molecule has 0 aliphatic carbocycles. The van der Waals surface area contributed by atoms with Crippen molar-refractivity contribution in [2.24, 2.45) is 5.41 Å². The maximum absolute atomic E-state index is 13.2. The lowest BCUT2D eigenvalue weighted by atomic mass is 9.86. The Bertz CT molecular complexity index is 444. The Labute approximate surface area is 120 Å². The van der Waals surface area contributed by atoms with E-state index in [1.54, 1.807) is 6.07 Å². The molecule has 1 unspecified atom stereocenters. The normalized spacial score (nSPS) is 26.8. The number of benzene rings is 1. The first-order valence-corrected chi connectivity index (χ1v) is 6.85. The smallest absolute Gasteiger partial charge is 0.126 e. The largest absolute Gasteiger partial charge is 0.316 e. The molecule has 106 valence electrons. The zero-order valence-electron chi connectivity index (χ0n) is 11.4. The molecule has 1 aromatic carbocycles. The van der Waals surface area contributed by atoms with E-state index in [0.717, 1.165) is 12.1 Å². The van der Waals surface area contributed by atoms with Crippen LogP contribution < -0.4 is 5.32 Å². The van der Waals surface area contributed by atoms with Crippen molar-refractivity contribution < 1.29 is 4.39 Å². The van der Waals surface area contributed by atoms with Crippen molar-refractivity contribution in [2.45, 2.75) is 26.3 Å². The summed E-state index contributed by atoms with van der Waals surface area (Å²) in [6.07, 6.45) is 2.62. The van der Waals surface area contributed by atoms with Crippen molar-refractivity contribution in [3.8, 4) is 0 Å². The van der Waals surface area contributed by atoms with Crippen LogP contribution in [0.3, 0.4) is 0 Å². The van der Waals surface area contributed by atoms with Crippen LogP contribution >= 0.6 is 12.4 Å². The number of likely N-dealkylation sites (tertiary alicyclic amines) is 1. The standard InChI is InChI=1S/C15H21FN2.ClH/c1-12-8-13(2-3-14(12)16)9-18-7-5-15(11-18)4-6-17-10-15;/h2-3,8,17H,4-7,9-11H2,1H3;1H. The molecule has 0 amide bonds. The predicted octanol–water partition coefficient (Wildman–Crippen LogP) is 2.74. The number of hydrogen-bond donors (Lipinski definition) is 1. The second-order valence-electron chi connectivity index (χ2n) is 5.97. The van der Waals surface area contributed by atoms with Crippen LogP contribution in [-0.2, 0) is 6.54 Å². The van der Waals surface area contributed by atoms with Gasteiger partial charge in [-0.2, -0.15) is 0 Å². The van der Waals surface area contributed by atoms with E-state index in [1.165, 1.54) is 44.6 Å². The monoisotopic (exact) mass is 284 g/mol. The molecule has 1 aromatic rings. The van der Waals surface area contributed by atoms with Crippen molar-refractivity contribution in [2.75, 3.05) is 26.2 Å². The SMILES string of the molecule is Cc1cc(CN2CCC3(CCNC3)C2)ccc1F.Cl. The highest BCUT2D eigenvalue weighted by molar-refractivity contribution is 5.85. The predicted molar refractivity (Wildman–Crippen MR) is 78.2 cm³/mol. The van der Waals surface area contributed by atoms with Crippen LogP contribution in [0.2, 0.25) is 0 Å². The van der Waals surface area contributed by atoms with Crippen molar-refractivity contribution >= 4 is 12.4 Å². The molecule has 2 heterocycles. The Hall–Kier alpha value is -0.640. The highest BCUT2D eigenvalue weighted by atomic mass is 35.5. The lowest BCUT2D eigenvalue weighted by molar-refractivity contribution is 0.268. The van der Waals surface area contributed by atoms with Gasteiger partial charge in [-0.25, -0.2) is 4.39 Å². The minimum absolute atomic E-state index is 0.